The number of hydrogen-bond acceptors (Lipinski definition) is 2. The van der Waals surface area contributed by atoms with Gasteiger partial charge in [0.15, 0.2) is 0 Å². The van der Waals surface area contributed by atoms with E-state index in [1.165, 1.54) is 56.4 Å². The maximum Gasteiger partial charge on any atom is 0.0398 e. The van der Waals surface area contributed by atoms with Gasteiger partial charge in [-0.1, -0.05) is 25.1 Å². The fourth-order valence-electron chi connectivity index (χ4n) is 2.74. The summed E-state index contributed by atoms with van der Waals surface area (Å²) in [5.41, 5.74) is 3.02. The van der Waals surface area contributed by atoms with Crippen molar-refractivity contribution in [2.45, 2.75) is 39.0 Å². The molecule has 1 heterocycles. The summed E-state index contributed by atoms with van der Waals surface area (Å²) in [4.78, 5) is 2.59. The summed E-state index contributed by atoms with van der Waals surface area (Å²) in [5.74, 6) is 1.80. The zero-order valence-electron chi connectivity index (χ0n) is 11.4. The van der Waals surface area contributed by atoms with Gasteiger partial charge in [0.2, 0.25) is 0 Å². The standard InChI is InChI=1S/C16H25NS/c1-14(10-13-18)9-12-17-11-5-4-7-15-6-2-3-8-16(15)17/h2-3,6,8,14,18H,4-5,7,9-13H2,1H3. The lowest BCUT2D eigenvalue weighted by molar-refractivity contribution is 0.513. The van der Waals surface area contributed by atoms with E-state index >= 15 is 0 Å². The Hall–Kier alpha value is -0.630. The Kier molecular flexibility index (Phi) is 5.43. The van der Waals surface area contributed by atoms with Crippen molar-refractivity contribution in [3.05, 3.63) is 29.8 Å². The molecule has 1 aliphatic heterocycles. The molecule has 18 heavy (non-hydrogen) atoms. The van der Waals surface area contributed by atoms with Crippen LogP contribution in [-0.4, -0.2) is 18.8 Å². The number of anilines is 1. The highest BCUT2D eigenvalue weighted by Gasteiger charge is 2.15. The SMILES string of the molecule is CC(CCS)CCN1CCCCc2ccccc21. The summed E-state index contributed by atoms with van der Waals surface area (Å²) in [6.45, 7) is 4.77. The van der Waals surface area contributed by atoms with Crippen molar-refractivity contribution in [3.8, 4) is 0 Å². The number of thiol groups is 1. The fraction of sp³-hybridized carbons (Fsp3) is 0.625. The first kappa shape index (κ1) is 13.8. The van der Waals surface area contributed by atoms with Crippen molar-refractivity contribution in [1.29, 1.82) is 0 Å². The van der Waals surface area contributed by atoms with E-state index in [9.17, 15) is 0 Å². The highest BCUT2D eigenvalue weighted by atomic mass is 32.1. The van der Waals surface area contributed by atoms with E-state index in [2.05, 4.69) is 48.7 Å². The molecular formula is C16H25NS. The Labute approximate surface area is 117 Å². The van der Waals surface area contributed by atoms with Gasteiger partial charge >= 0.3 is 0 Å². The lowest BCUT2D eigenvalue weighted by Gasteiger charge is -2.26. The van der Waals surface area contributed by atoms with Crippen molar-refractivity contribution in [2.75, 3.05) is 23.7 Å². The predicted octanol–water partition coefficient (Wildman–Crippen LogP) is 4.18. The molecule has 0 saturated heterocycles. The lowest BCUT2D eigenvalue weighted by atomic mass is 10.0. The van der Waals surface area contributed by atoms with Gasteiger partial charge in [-0.05, 0) is 55.4 Å². The summed E-state index contributed by atoms with van der Waals surface area (Å²) in [6, 6.07) is 8.94. The molecule has 100 valence electrons. The van der Waals surface area contributed by atoms with Gasteiger partial charge in [0.05, 0.1) is 0 Å². The summed E-state index contributed by atoms with van der Waals surface area (Å²) in [7, 11) is 0. The Balaban J connectivity index is 1.99. The number of hydrogen-bond donors (Lipinski definition) is 1. The van der Waals surface area contributed by atoms with Crippen LogP contribution in [0, 0.1) is 5.92 Å². The molecule has 0 amide bonds. The van der Waals surface area contributed by atoms with Crippen LogP contribution in [0.3, 0.4) is 0 Å². The molecule has 0 saturated carbocycles. The zero-order valence-corrected chi connectivity index (χ0v) is 12.3. The van der Waals surface area contributed by atoms with Crippen molar-refractivity contribution >= 4 is 18.3 Å². The molecule has 1 aliphatic rings. The minimum Gasteiger partial charge on any atom is -0.371 e. The van der Waals surface area contributed by atoms with Gasteiger partial charge < -0.3 is 4.90 Å². The lowest BCUT2D eigenvalue weighted by Crippen LogP contribution is -2.26. The van der Waals surface area contributed by atoms with Gasteiger partial charge in [-0.15, -0.1) is 0 Å². The molecule has 0 bridgehead atoms. The number of rotatable bonds is 5. The average Bonchev–Trinajstić information content (AvgIpc) is 2.59. The molecule has 2 heteroatoms. The molecule has 0 spiro atoms. The summed E-state index contributed by atoms with van der Waals surface area (Å²) < 4.78 is 0. The van der Waals surface area contributed by atoms with E-state index in [0.29, 0.717) is 0 Å². The van der Waals surface area contributed by atoms with Crippen LogP contribution < -0.4 is 4.90 Å². The second kappa shape index (κ2) is 7.08. The predicted molar refractivity (Wildman–Crippen MR) is 83.8 cm³/mol. The zero-order chi connectivity index (χ0) is 12.8. The molecule has 0 fully saturated rings. The molecule has 0 aromatic heterocycles. The van der Waals surface area contributed by atoms with Gasteiger partial charge in [0.1, 0.15) is 0 Å². The number of benzene rings is 1. The van der Waals surface area contributed by atoms with Crippen LogP contribution in [0.2, 0.25) is 0 Å². The Morgan fingerprint density at radius 2 is 2.06 bits per heavy atom. The number of para-hydroxylation sites is 1. The maximum atomic E-state index is 4.33. The molecule has 0 aliphatic carbocycles. The van der Waals surface area contributed by atoms with E-state index in [0.717, 1.165) is 11.7 Å². The second-order valence-corrected chi connectivity index (χ2v) is 5.93. The van der Waals surface area contributed by atoms with E-state index in [4.69, 9.17) is 0 Å². The first-order valence-corrected chi connectivity index (χ1v) is 7.88. The quantitative estimate of drug-likeness (QED) is 0.780. The van der Waals surface area contributed by atoms with Gasteiger partial charge in [-0.25, -0.2) is 0 Å². The molecule has 0 radical (unpaired) electrons. The summed E-state index contributed by atoms with van der Waals surface area (Å²) in [5, 5.41) is 0. The van der Waals surface area contributed by atoms with E-state index in [1.54, 1.807) is 0 Å². The van der Waals surface area contributed by atoms with Crippen molar-refractivity contribution < 1.29 is 0 Å². The highest BCUT2D eigenvalue weighted by molar-refractivity contribution is 7.80. The van der Waals surface area contributed by atoms with Crippen LogP contribution in [0.4, 0.5) is 5.69 Å². The van der Waals surface area contributed by atoms with Crippen LogP contribution in [0.1, 0.15) is 38.2 Å². The molecule has 1 aromatic carbocycles. The minimum atomic E-state index is 0.790. The van der Waals surface area contributed by atoms with Crippen LogP contribution in [-0.2, 0) is 6.42 Å². The molecule has 1 atom stereocenters. The van der Waals surface area contributed by atoms with Crippen molar-refractivity contribution in [3.63, 3.8) is 0 Å². The molecule has 2 rings (SSSR count). The fourth-order valence-corrected chi connectivity index (χ4v) is 3.18. The Morgan fingerprint density at radius 1 is 1.22 bits per heavy atom. The van der Waals surface area contributed by atoms with Crippen LogP contribution >= 0.6 is 12.6 Å². The smallest absolute Gasteiger partial charge is 0.0398 e. The molecular weight excluding hydrogens is 238 g/mol. The third-order valence-electron chi connectivity index (χ3n) is 3.97. The second-order valence-electron chi connectivity index (χ2n) is 5.48. The minimum absolute atomic E-state index is 0.790. The monoisotopic (exact) mass is 263 g/mol. The van der Waals surface area contributed by atoms with E-state index < -0.39 is 0 Å². The normalized spacial score (nSPS) is 17.1. The maximum absolute atomic E-state index is 4.33. The van der Waals surface area contributed by atoms with Crippen molar-refractivity contribution in [2.24, 2.45) is 5.92 Å². The van der Waals surface area contributed by atoms with Crippen molar-refractivity contribution in [1.82, 2.24) is 0 Å². The van der Waals surface area contributed by atoms with Gasteiger partial charge in [-0.3, -0.25) is 0 Å². The third kappa shape index (κ3) is 3.68. The Bertz CT molecular complexity index is 364. The van der Waals surface area contributed by atoms with Gasteiger partial charge in [0, 0.05) is 18.8 Å². The highest BCUT2D eigenvalue weighted by Crippen LogP contribution is 2.26. The Morgan fingerprint density at radius 3 is 2.89 bits per heavy atom. The molecule has 1 aromatic rings. The molecule has 0 N–H and O–H groups in total. The summed E-state index contributed by atoms with van der Waals surface area (Å²) in [6.07, 6.45) is 6.43. The van der Waals surface area contributed by atoms with Gasteiger partial charge in [-0.2, -0.15) is 12.6 Å². The van der Waals surface area contributed by atoms with Crippen LogP contribution in [0.5, 0.6) is 0 Å². The average molecular weight is 263 g/mol. The van der Waals surface area contributed by atoms with Crippen LogP contribution in [0.15, 0.2) is 24.3 Å². The third-order valence-corrected chi connectivity index (χ3v) is 4.23. The first-order chi connectivity index (χ1) is 8.81. The topological polar surface area (TPSA) is 3.24 Å². The van der Waals surface area contributed by atoms with Crippen LogP contribution in [0.25, 0.3) is 0 Å². The number of nitrogens with zero attached hydrogens (tertiary/aromatic N) is 1. The van der Waals surface area contributed by atoms with Gasteiger partial charge in [0.25, 0.3) is 0 Å². The van der Waals surface area contributed by atoms with E-state index in [1.807, 2.05) is 0 Å². The number of aryl methyl sites for hydroxylation is 1. The largest absolute Gasteiger partial charge is 0.371 e. The summed E-state index contributed by atoms with van der Waals surface area (Å²) >= 11 is 4.33. The first-order valence-electron chi connectivity index (χ1n) is 7.25. The van der Waals surface area contributed by atoms with E-state index in [-0.39, 0.29) is 0 Å². The molecule has 1 unspecified atom stereocenters. The number of fused-ring (bicyclic) bond motifs is 1. The molecule has 1 nitrogen and oxygen atoms in total.